The lowest BCUT2D eigenvalue weighted by Crippen LogP contribution is -2.40. The maximum Gasteiger partial charge on any atom is 0.332 e. The van der Waals surface area contributed by atoms with Crippen molar-refractivity contribution in [1.29, 1.82) is 0 Å². The maximum absolute atomic E-state index is 13.4. The van der Waals surface area contributed by atoms with E-state index in [1.165, 1.54) is 22.8 Å². The Morgan fingerprint density at radius 3 is 2.51 bits per heavy atom. The van der Waals surface area contributed by atoms with E-state index in [9.17, 15) is 22.4 Å². The highest BCUT2D eigenvalue weighted by molar-refractivity contribution is 7.91. The molecule has 1 aliphatic carbocycles. The van der Waals surface area contributed by atoms with Crippen molar-refractivity contribution in [1.82, 2.24) is 24.1 Å². The van der Waals surface area contributed by atoms with Crippen LogP contribution >= 0.6 is 0 Å². The van der Waals surface area contributed by atoms with E-state index in [4.69, 9.17) is 4.52 Å². The van der Waals surface area contributed by atoms with E-state index in [-0.39, 0.29) is 34.6 Å². The summed E-state index contributed by atoms with van der Waals surface area (Å²) in [5, 5.41) is 7.99. The fraction of sp³-hybridized carbons (Fsp3) is 0.391. The largest absolute Gasteiger partial charge is 0.359 e. The number of alkyl halides is 1. The number of rotatable bonds is 8. The van der Waals surface area contributed by atoms with Crippen LogP contribution in [-0.4, -0.2) is 44.9 Å². The molecule has 1 aliphatic rings. The number of hydrogen-bond acceptors (Lipinski definition) is 7. The van der Waals surface area contributed by atoms with Gasteiger partial charge in [0.2, 0.25) is 0 Å². The number of benzene rings is 1. The van der Waals surface area contributed by atoms with Gasteiger partial charge in [-0.05, 0) is 38.0 Å². The lowest BCUT2D eigenvalue weighted by molar-refractivity contribution is 0.367. The Morgan fingerprint density at radius 2 is 1.91 bits per heavy atom. The minimum atomic E-state index is -3.84. The second kappa shape index (κ2) is 8.29. The lowest BCUT2D eigenvalue weighted by Gasteiger charge is -2.15. The van der Waals surface area contributed by atoms with Crippen molar-refractivity contribution in [2.75, 3.05) is 12.4 Å². The molecule has 0 N–H and O–H groups in total. The molecule has 1 fully saturated rings. The van der Waals surface area contributed by atoms with Gasteiger partial charge >= 0.3 is 5.69 Å². The first-order chi connectivity index (χ1) is 16.6. The van der Waals surface area contributed by atoms with Crippen LogP contribution in [0, 0.1) is 12.3 Å². The van der Waals surface area contributed by atoms with E-state index >= 15 is 0 Å². The van der Waals surface area contributed by atoms with Gasteiger partial charge in [-0.25, -0.2) is 13.2 Å². The van der Waals surface area contributed by atoms with Gasteiger partial charge in [-0.15, -0.1) is 0 Å². The molecule has 0 spiro atoms. The molecule has 0 radical (unpaired) electrons. The van der Waals surface area contributed by atoms with Crippen molar-refractivity contribution in [3.05, 3.63) is 74.5 Å². The highest BCUT2D eigenvalue weighted by atomic mass is 32.2. The molecule has 10 nitrogen and oxygen atoms in total. The van der Waals surface area contributed by atoms with Crippen molar-refractivity contribution >= 4 is 20.7 Å². The zero-order chi connectivity index (χ0) is 25.0. The summed E-state index contributed by atoms with van der Waals surface area (Å²) in [5.74, 6) is 0.0934. The molecule has 12 heteroatoms. The summed E-state index contributed by atoms with van der Waals surface area (Å²) in [4.78, 5) is 26.8. The summed E-state index contributed by atoms with van der Waals surface area (Å²) >= 11 is 0. The predicted molar refractivity (Wildman–Crippen MR) is 125 cm³/mol. The molecule has 35 heavy (non-hydrogen) atoms. The monoisotopic (exact) mass is 501 g/mol. The van der Waals surface area contributed by atoms with Crippen LogP contribution in [0.3, 0.4) is 0 Å². The van der Waals surface area contributed by atoms with Gasteiger partial charge in [-0.1, -0.05) is 5.16 Å². The van der Waals surface area contributed by atoms with E-state index in [1.807, 2.05) is 0 Å². The standard InChI is InChI=1S/C23H24FN5O5S/c1-15-7-17(34-26-15)12-28-20-4-3-18(35(32,33)14-23(13-24)5-6-23)8-19(20)21(30)29(22(28)31)11-16-9-25-27(2)10-16/h3-4,7-10H,5-6,11-14H2,1-2H3. The molecule has 4 aromatic rings. The minimum absolute atomic E-state index is 0.000548. The molecule has 0 atom stereocenters. The molecule has 0 saturated heterocycles. The summed E-state index contributed by atoms with van der Waals surface area (Å²) in [6.45, 7) is 1.01. The van der Waals surface area contributed by atoms with Crippen LogP contribution < -0.4 is 11.2 Å². The third-order valence-electron chi connectivity index (χ3n) is 6.38. The molecule has 3 heterocycles. The van der Waals surface area contributed by atoms with Crippen LogP contribution in [-0.2, 0) is 30.0 Å². The van der Waals surface area contributed by atoms with Gasteiger partial charge in [0.25, 0.3) is 5.56 Å². The van der Waals surface area contributed by atoms with Crippen molar-refractivity contribution < 1.29 is 17.3 Å². The van der Waals surface area contributed by atoms with E-state index in [0.29, 0.717) is 29.9 Å². The van der Waals surface area contributed by atoms with Crippen LogP contribution in [0.5, 0.6) is 0 Å². The first-order valence-corrected chi connectivity index (χ1v) is 12.7. The molecule has 1 saturated carbocycles. The molecular weight excluding hydrogens is 477 g/mol. The molecule has 184 valence electrons. The molecular formula is C23H24FN5O5S. The van der Waals surface area contributed by atoms with Gasteiger partial charge in [0, 0.05) is 30.3 Å². The zero-order valence-electron chi connectivity index (χ0n) is 19.3. The van der Waals surface area contributed by atoms with Crippen molar-refractivity contribution in [2.24, 2.45) is 12.5 Å². The third kappa shape index (κ3) is 4.33. The number of hydrogen-bond donors (Lipinski definition) is 0. The normalized spacial score (nSPS) is 15.1. The fourth-order valence-electron chi connectivity index (χ4n) is 4.25. The second-order valence-corrected chi connectivity index (χ2v) is 11.3. The Kier molecular flexibility index (Phi) is 5.50. The number of fused-ring (bicyclic) bond motifs is 1. The Morgan fingerprint density at radius 1 is 1.14 bits per heavy atom. The highest BCUT2D eigenvalue weighted by Gasteiger charge is 2.46. The zero-order valence-corrected chi connectivity index (χ0v) is 20.1. The molecule has 1 aromatic carbocycles. The van der Waals surface area contributed by atoms with Crippen LogP contribution in [0.1, 0.15) is 29.9 Å². The second-order valence-electron chi connectivity index (χ2n) is 9.29. The Labute approximate surface area is 199 Å². The van der Waals surface area contributed by atoms with E-state index < -0.39 is 33.2 Å². The number of halogens is 1. The number of aromatic nitrogens is 5. The van der Waals surface area contributed by atoms with Gasteiger partial charge < -0.3 is 4.52 Å². The van der Waals surface area contributed by atoms with Gasteiger partial charge in [-0.2, -0.15) is 5.10 Å². The predicted octanol–water partition coefficient (Wildman–Crippen LogP) is 1.81. The first-order valence-electron chi connectivity index (χ1n) is 11.1. The average molecular weight is 502 g/mol. The smallest absolute Gasteiger partial charge is 0.332 e. The number of nitrogens with zero attached hydrogens (tertiary/aromatic N) is 5. The quantitative estimate of drug-likeness (QED) is 0.361. The number of sulfone groups is 1. The van der Waals surface area contributed by atoms with Gasteiger partial charge in [0.15, 0.2) is 15.6 Å². The van der Waals surface area contributed by atoms with Crippen LogP contribution in [0.4, 0.5) is 4.39 Å². The molecule has 0 amide bonds. The van der Waals surface area contributed by atoms with Crippen molar-refractivity contribution in [3.63, 3.8) is 0 Å². The SMILES string of the molecule is Cc1cc(Cn2c(=O)n(Cc3cnn(C)c3)c(=O)c3cc(S(=O)(=O)CC4(CF)CC4)ccc32)on1. The topological polar surface area (TPSA) is 122 Å². The minimum Gasteiger partial charge on any atom is -0.359 e. The summed E-state index contributed by atoms with van der Waals surface area (Å²) in [7, 11) is -2.12. The van der Waals surface area contributed by atoms with Gasteiger partial charge in [0.1, 0.15) is 0 Å². The molecule has 0 bridgehead atoms. The number of aryl methyl sites for hydroxylation is 2. The van der Waals surface area contributed by atoms with E-state index in [2.05, 4.69) is 10.3 Å². The van der Waals surface area contributed by atoms with Crippen molar-refractivity contribution in [3.8, 4) is 0 Å². The van der Waals surface area contributed by atoms with Crippen molar-refractivity contribution in [2.45, 2.75) is 37.8 Å². The van der Waals surface area contributed by atoms with Gasteiger partial charge in [-0.3, -0.25) is 23.0 Å². The average Bonchev–Trinajstić information content (AvgIpc) is 3.26. The van der Waals surface area contributed by atoms with E-state index in [1.54, 1.807) is 37.1 Å². The Balaban J connectivity index is 1.68. The fourth-order valence-corrected chi connectivity index (χ4v) is 6.16. The summed E-state index contributed by atoms with van der Waals surface area (Å²) in [6.07, 6.45) is 4.27. The molecule has 0 aliphatic heterocycles. The maximum atomic E-state index is 13.4. The molecule has 0 unspecified atom stereocenters. The lowest BCUT2D eigenvalue weighted by atomic mass is 10.2. The summed E-state index contributed by atoms with van der Waals surface area (Å²) < 4.78 is 48.7. The third-order valence-corrected chi connectivity index (χ3v) is 8.35. The van der Waals surface area contributed by atoms with Gasteiger partial charge in [0.05, 0.1) is 53.2 Å². The van der Waals surface area contributed by atoms with E-state index in [0.717, 1.165) is 4.57 Å². The van der Waals surface area contributed by atoms with Crippen LogP contribution in [0.25, 0.3) is 10.9 Å². The summed E-state index contributed by atoms with van der Waals surface area (Å²) in [5.41, 5.74) is -0.501. The van der Waals surface area contributed by atoms with Crippen LogP contribution in [0.2, 0.25) is 0 Å². The molecule has 5 rings (SSSR count). The Bertz CT molecular complexity index is 1660. The Hall–Kier alpha value is -3.54. The first kappa shape index (κ1) is 23.2. The van der Waals surface area contributed by atoms with Crippen LogP contribution in [0.15, 0.2) is 55.7 Å². The highest BCUT2D eigenvalue weighted by Crippen LogP contribution is 2.47. The summed E-state index contributed by atoms with van der Waals surface area (Å²) in [6, 6.07) is 5.76. The molecule has 3 aromatic heterocycles.